The van der Waals surface area contributed by atoms with Crippen LogP contribution in [0.5, 0.6) is 0 Å². The number of amides is 4. The Hall–Kier alpha value is -3.21. The molecule has 3 aliphatic rings. The van der Waals surface area contributed by atoms with E-state index in [0.717, 1.165) is 37.0 Å². The molecule has 0 bridgehead atoms. The van der Waals surface area contributed by atoms with Gasteiger partial charge in [0.25, 0.3) is 0 Å². The molecule has 5 heterocycles. The van der Waals surface area contributed by atoms with Crippen molar-refractivity contribution in [1.82, 2.24) is 24.7 Å². The average Bonchev–Trinajstić information content (AvgIpc) is 3.27. The molecule has 2 aromatic rings. The minimum atomic E-state index is -1.31. The number of urea groups is 1. The van der Waals surface area contributed by atoms with Crippen LogP contribution in [-0.2, 0) is 9.53 Å². The molecule has 5 rings (SSSR count). The lowest BCUT2D eigenvalue weighted by Crippen LogP contribution is -2.51. The monoisotopic (exact) mass is 570 g/mol. The summed E-state index contributed by atoms with van der Waals surface area (Å²) < 4.78 is 23.5. The highest BCUT2D eigenvalue weighted by atomic mass is 19.1. The van der Waals surface area contributed by atoms with E-state index in [0.29, 0.717) is 44.7 Å². The summed E-state index contributed by atoms with van der Waals surface area (Å²) in [6.45, 7) is 12.9. The van der Waals surface area contributed by atoms with E-state index in [1.165, 1.54) is 5.56 Å². The molecule has 1 N–H and O–H groups in total. The summed E-state index contributed by atoms with van der Waals surface area (Å²) in [4.78, 5) is 46.6. The Labute approximate surface area is 241 Å². The van der Waals surface area contributed by atoms with Crippen molar-refractivity contribution in [2.45, 2.75) is 90.0 Å². The molecule has 2 aromatic heterocycles. The van der Waals surface area contributed by atoms with Gasteiger partial charge in [0.2, 0.25) is 5.91 Å². The number of nitrogens with one attached hydrogen (secondary N) is 1. The minimum absolute atomic E-state index is 0.250. The van der Waals surface area contributed by atoms with Gasteiger partial charge in [-0.05, 0) is 51.2 Å². The fourth-order valence-corrected chi connectivity index (χ4v) is 6.17. The van der Waals surface area contributed by atoms with Gasteiger partial charge in [-0.25, -0.2) is 19.0 Å². The standard InChI is InChI=1S/C30H43FN6O4/c1-20(2)24-18-37(26-23(24)16-22(17-32-26)36-13-8-25(38)33-27(36)39)21-6-11-34(12-7-21)19-30(31)9-14-35(15-10-30)28(40)41-29(3,4)5/h16-18,20-21H,6-15,19H2,1-5H3,(H,33,38,39). The maximum absolute atomic E-state index is 15.8. The fourth-order valence-electron chi connectivity index (χ4n) is 6.17. The number of imide groups is 1. The molecule has 0 saturated carbocycles. The molecule has 0 unspecified atom stereocenters. The number of alkyl halides is 1. The van der Waals surface area contributed by atoms with Gasteiger partial charge in [-0.2, -0.15) is 0 Å². The van der Waals surface area contributed by atoms with Crippen molar-refractivity contribution in [1.29, 1.82) is 0 Å². The number of hydrogen-bond acceptors (Lipinski definition) is 6. The summed E-state index contributed by atoms with van der Waals surface area (Å²) in [6, 6.07) is 1.84. The first-order valence-electron chi connectivity index (χ1n) is 14.8. The van der Waals surface area contributed by atoms with Crippen LogP contribution in [0.1, 0.15) is 84.2 Å². The number of rotatable bonds is 5. The summed E-state index contributed by atoms with van der Waals surface area (Å²) >= 11 is 0. The van der Waals surface area contributed by atoms with Crippen LogP contribution in [0.2, 0.25) is 0 Å². The highest BCUT2D eigenvalue weighted by molar-refractivity contribution is 6.06. The van der Waals surface area contributed by atoms with Crippen molar-refractivity contribution in [3.63, 3.8) is 0 Å². The van der Waals surface area contributed by atoms with Crippen LogP contribution in [0.3, 0.4) is 0 Å². The third-order valence-electron chi connectivity index (χ3n) is 8.44. The highest BCUT2D eigenvalue weighted by Crippen LogP contribution is 2.36. The number of hydrogen-bond donors (Lipinski definition) is 1. The number of carbonyl (C=O) groups excluding carboxylic acids is 3. The molecule has 0 atom stereocenters. The Kier molecular flexibility index (Phi) is 8.02. The van der Waals surface area contributed by atoms with Crippen LogP contribution in [0.4, 0.5) is 19.7 Å². The smallest absolute Gasteiger partial charge is 0.410 e. The first-order valence-corrected chi connectivity index (χ1v) is 14.8. The van der Waals surface area contributed by atoms with Crippen LogP contribution in [0.15, 0.2) is 18.5 Å². The maximum Gasteiger partial charge on any atom is 0.410 e. The van der Waals surface area contributed by atoms with Gasteiger partial charge in [0, 0.05) is 76.2 Å². The average molecular weight is 571 g/mol. The summed E-state index contributed by atoms with van der Waals surface area (Å²) in [7, 11) is 0. The topological polar surface area (TPSA) is 100 Å². The zero-order chi connectivity index (χ0) is 29.5. The van der Waals surface area contributed by atoms with E-state index in [1.54, 1.807) is 16.0 Å². The van der Waals surface area contributed by atoms with Gasteiger partial charge in [0.15, 0.2) is 0 Å². The number of halogens is 1. The summed E-state index contributed by atoms with van der Waals surface area (Å²) in [5.41, 5.74) is 0.878. The number of nitrogens with zero attached hydrogens (tertiary/aromatic N) is 5. The lowest BCUT2D eigenvalue weighted by molar-refractivity contribution is -0.120. The molecule has 0 aliphatic carbocycles. The van der Waals surface area contributed by atoms with Crippen molar-refractivity contribution in [3.8, 4) is 0 Å². The number of anilines is 1. The molecule has 11 heteroatoms. The molecule has 4 amide bonds. The number of piperidine rings is 2. The van der Waals surface area contributed by atoms with Crippen molar-refractivity contribution in [3.05, 3.63) is 24.0 Å². The second-order valence-electron chi connectivity index (χ2n) is 13.1. The molecule has 0 radical (unpaired) electrons. The van der Waals surface area contributed by atoms with Gasteiger partial charge < -0.3 is 19.1 Å². The van der Waals surface area contributed by atoms with Crippen LogP contribution in [0.25, 0.3) is 11.0 Å². The van der Waals surface area contributed by atoms with Crippen molar-refractivity contribution < 1.29 is 23.5 Å². The van der Waals surface area contributed by atoms with Gasteiger partial charge in [0.05, 0.1) is 11.9 Å². The Morgan fingerprint density at radius 3 is 2.44 bits per heavy atom. The number of carbonyl (C=O) groups is 3. The quantitative estimate of drug-likeness (QED) is 0.544. The second kappa shape index (κ2) is 11.2. The summed E-state index contributed by atoms with van der Waals surface area (Å²) in [5.74, 6) is 0.0104. The van der Waals surface area contributed by atoms with Gasteiger partial charge in [-0.15, -0.1) is 0 Å². The number of fused-ring (bicyclic) bond motifs is 1. The predicted molar refractivity (Wildman–Crippen MR) is 155 cm³/mol. The van der Waals surface area contributed by atoms with E-state index in [4.69, 9.17) is 9.72 Å². The molecule has 0 aromatic carbocycles. The molecule has 224 valence electrons. The highest BCUT2D eigenvalue weighted by Gasteiger charge is 2.39. The SMILES string of the molecule is CC(C)c1cn(C2CCN(CC3(F)CCN(C(=O)OC(C)(C)C)CC3)CC2)c2ncc(N3CCC(=O)NC3=O)cc12. The zero-order valence-electron chi connectivity index (χ0n) is 24.9. The molecule has 3 aliphatic heterocycles. The molecule has 3 saturated heterocycles. The van der Waals surface area contributed by atoms with Gasteiger partial charge >= 0.3 is 12.1 Å². The number of aromatic nitrogens is 2. The van der Waals surface area contributed by atoms with Crippen LogP contribution in [-0.4, -0.2) is 87.9 Å². The van der Waals surface area contributed by atoms with E-state index < -0.39 is 17.3 Å². The normalized spacial score (nSPS) is 21.0. The Bertz CT molecular complexity index is 1300. The van der Waals surface area contributed by atoms with Crippen molar-refractivity contribution >= 4 is 34.8 Å². The van der Waals surface area contributed by atoms with Crippen LogP contribution in [0, 0.1) is 0 Å². The maximum atomic E-state index is 15.8. The van der Waals surface area contributed by atoms with E-state index in [2.05, 4.69) is 34.8 Å². The lowest BCUT2D eigenvalue weighted by Gasteiger charge is -2.41. The van der Waals surface area contributed by atoms with Gasteiger partial charge in [-0.1, -0.05) is 13.8 Å². The lowest BCUT2D eigenvalue weighted by atomic mass is 9.91. The first kappa shape index (κ1) is 29.3. The molecular weight excluding hydrogens is 527 g/mol. The van der Waals surface area contributed by atoms with E-state index >= 15 is 4.39 Å². The van der Waals surface area contributed by atoms with Gasteiger partial charge in [-0.3, -0.25) is 15.0 Å². The number of ether oxygens (including phenoxy) is 1. The van der Waals surface area contributed by atoms with E-state index in [1.807, 2.05) is 26.8 Å². The largest absolute Gasteiger partial charge is 0.444 e. The van der Waals surface area contributed by atoms with Crippen molar-refractivity contribution in [2.75, 3.05) is 44.2 Å². The number of likely N-dealkylation sites (tertiary alicyclic amines) is 2. The van der Waals surface area contributed by atoms with E-state index in [9.17, 15) is 14.4 Å². The second-order valence-corrected chi connectivity index (χ2v) is 13.1. The first-order chi connectivity index (χ1) is 19.3. The Balaban J connectivity index is 1.22. The van der Waals surface area contributed by atoms with Crippen LogP contribution < -0.4 is 10.2 Å². The Morgan fingerprint density at radius 1 is 1.15 bits per heavy atom. The molecule has 0 spiro atoms. The Morgan fingerprint density at radius 2 is 1.83 bits per heavy atom. The zero-order valence-corrected chi connectivity index (χ0v) is 24.9. The third kappa shape index (κ3) is 6.50. The molecule has 3 fully saturated rings. The minimum Gasteiger partial charge on any atom is -0.444 e. The van der Waals surface area contributed by atoms with Crippen molar-refractivity contribution in [2.24, 2.45) is 0 Å². The molecule has 10 nitrogen and oxygen atoms in total. The number of pyridine rings is 1. The third-order valence-corrected chi connectivity index (χ3v) is 8.44. The fraction of sp³-hybridized carbons (Fsp3) is 0.667. The van der Waals surface area contributed by atoms with E-state index in [-0.39, 0.29) is 30.4 Å². The molecule has 41 heavy (non-hydrogen) atoms. The summed E-state index contributed by atoms with van der Waals surface area (Å²) in [5, 5.41) is 3.40. The summed E-state index contributed by atoms with van der Waals surface area (Å²) in [6.07, 6.45) is 6.23. The van der Waals surface area contributed by atoms with Gasteiger partial charge in [0.1, 0.15) is 16.9 Å². The predicted octanol–water partition coefficient (Wildman–Crippen LogP) is 4.98. The molecular formula is C30H43FN6O4. The van der Waals surface area contributed by atoms with Crippen LogP contribution >= 0.6 is 0 Å².